The summed E-state index contributed by atoms with van der Waals surface area (Å²) in [6.45, 7) is 20.0. The summed E-state index contributed by atoms with van der Waals surface area (Å²) >= 11 is 0. The number of hydrogen-bond donors (Lipinski definition) is 0. The Morgan fingerprint density at radius 3 is 1.24 bits per heavy atom. The molecule has 0 N–H and O–H groups in total. The Labute approximate surface area is 962 Å². The van der Waals surface area contributed by atoms with Crippen LogP contribution in [0.2, 0.25) is 0 Å². The Bertz CT molecular complexity index is 6290. The Balaban J connectivity index is 0.000000251. The molecule has 146 heavy (non-hydrogen) atoms. The number of ketones is 2. The molecule has 4 atom stereocenters. The van der Waals surface area contributed by atoms with Gasteiger partial charge in [0, 0.05) is 293 Å². The molecule has 0 saturated heterocycles. The SMILES string of the molecule is CCC(=O)CCCN(CCOCCOCCOC)c1cc(COc2cc3c(cc2C)C(=O)N2c4ccccc4C[C@H]2CC3)cc(COc2cc3c(cc2OC)C(=O)N2c4ccccc4C[C@H]2[C-]=[N+]3C)c1.CCC(=O)CCCN(CCOCCOCCOC)c1cc(COc2cc3c(cc2C)C(=O)N2c4ccccc4C[C@H]2[CH-]N3C)cc(COc2cc3c(cc2OC)C(=O)N2c4ccccc4C[C@H]2[CH-]N3C)c1.[W].[W].[Y].[Y].[Y]. The van der Waals surface area contributed by atoms with Gasteiger partial charge in [-0.3, -0.25) is 28.8 Å². The predicted molar refractivity (Wildman–Crippen MR) is 547 cm³/mol. The van der Waals surface area contributed by atoms with Gasteiger partial charge in [-0.15, -0.1) is 0 Å². The number of carbonyl (C=O) groups excluding carboxylic acids is 6. The molecule has 0 bridgehead atoms. The van der Waals surface area contributed by atoms with Crippen LogP contribution in [-0.4, -0.2) is 212 Å². The second kappa shape index (κ2) is 55.0. The van der Waals surface area contributed by atoms with Crippen molar-refractivity contribution in [3.05, 3.63) is 279 Å². The molecule has 0 saturated carbocycles. The number of Topliss-reactive ketones (excluding diaryl/α,β-unsaturated/α-hetero) is 2. The van der Waals surface area contributed by atoms with Crippen LogP contribution in [0.25, 0.3) is 0 Å². The van der Waals surface area contributed by atoms with Crippen LogP contribution in [0.5, 0.6) is 34.5 Å². The van der Waals surface area contributed by atoms with E-state index in [1.54, 1.807) is 40.6 Å². The molecule has 4 amide bonds. The third-order valence-corrected chi connectivity index (χ3v) is 27.7. The predicted octanol–water partition coefficient (Wildman–Crippen LogP) is 17.5. The number of nitrogens with zero attached hydrogens (tertiary/aromatic N) is 9. The maximum atomic E-state index is 14.3. The summed E-state index contributed by atoms with van der Waals surface area (Å²) in [4.78, 5) is 98.2. The van der Waals surface area contributed by atoms with Gasteiger partial charge >= 0.3 is 0 Å². The first-order valence-electron chi connectivity index (χ1n) is 49.3. The van der Waals surface area contributed by atoms with Gasteiger partial charge in [-0.05, 0) is 238 Å². The standard InChI is InChI=1S/C57H65N5O9.C57H64N4O9.2W.3Y/c1-7-46(63)15-12-18-60(19-20-68-23-24-69-22-21-66-5)43-27-39(36-70-53-32-51-47(25-38(53)2)56(64)61-44(34-58(51)3)29-41-13-8-10-16-49(41)61)26-40(28-43)37-71-55-33-52-48(31-54(55)67-6)57(65)62-45(35-59(52)4)30-42-14-9-11-17-50(42)62;1-6-47(62)14-11-19-59(20-21-67-24-25-68-23-22-65-4)45-28-39(36-69-53-32-41-17-18-44-30-42-12-7-9-15-50(42)60(44)56(63)48(41)26-38(53)2)27-40(29-45)37-70-55-34-52-49(33-54(55)66-5)57(64)61-46(35-58(52)3)31-43-13-8-10-16-51(43)61;;;;;/h8-11,13-14,16-17,25-28,31-35,44-45H,7,12,15,18-24,29-30,36-37H2,1-6H3;7-10,12-13,15-16,26-29,32-34,44,46H,6,11,14,17-25,30-31,36-37H2,1-5H3;;;;;/q-2;;;;;;/t44-,45-;44-,46+;;;;;/m01...../s1. The fraction of sp³-hybridized carbons (Fsp3) is 0.395. The summed E-state index contributed by atoms with van der Waals surface area (Å²) in [5, 5.41) is 0. The molecule has 0 aromatic heterocycles. The van der Waals surface area contributed by atoms with Crippen molar-refractivity contribution in [2.24, 2.45) is 0 Å². The smallest absolute Gasteiger partial charge is 0.258 e. The number of carbonyl (C=O) groups is 6. The summed E-state index contributed by atoms with van der Waals surface area (Å²) in [5.74, 6) is 3.56. The number of para-hydroxylation sites is 4. The normalized spacial score (nSPS) is 16.0. The van der Waals surface area contributed by atoms with Gasteiger partial charge in [0.25, 0.3) is 17.7 Å². The topological polar surface area (TPSA) is 242 Å². The molecule has 0 fully saturated rings. The number of rotatable bonds is 44. The average molecular weight is 2550 g/mol. The molecule has 0 unspecified atom stereocenters. The zero-order valence-corrected chi connectivity index (χ0v) is 99.8. The van der Waals surface area contributed by atoms with Crippen LogP contribution in [0.4, 0.5) is 51.2 Å². The third-order valence-electron chi connectivity index (χ3n) is 27.7. The van der Waals surface area contributed by atoms with Gasteiger partial charge < -0.3 is 101 Å². The summed E-state index contributed by atoms with van der Waals surface area (Å²) < 4.78 is 73.9. The Kier molecular flexibility index (Phi) is 43.8. The molecule has 0 aliphatic carbocycles. The van der Waals surface area contributed by atoms with Gasteiger partial charge in [0.05, 0.1) is 97.1 Å². The van der Waals surface area contributed by atoms with Crippen LogP contribution < -0.4 is 67.6 Å². The van der Waals surface area contributed by atoms with Crippen LogP contribution in [0.1, 0.15) is 161 Å². The van der Waals surface area contributed by atoms with Crippen LogP contribution in [0.15, 0.2) is 182 Å². The number of likely N-dealkylation sites (N-methyl/N-ethyl adjacent to an activating group) is 2. The van der Waals surface area contributed by atoms with Crippen molar-refractivity contribution < 1.29 is 230 Å². The average Bonchev–Trinajstić information content (AvgIpc) is 1.64. The van der Waals surface area contributed by atoms with E-state index >= 15 is 0 Å². The number of benzene rings is 10. The molecule has 0 spiro atoms. The second-order valence-electron chi connectivity index (χ2n) is 37.1. The molecule has 18 rings (SSSR count). The van der Waals surface area contributed by atoms with E-state index in [-0.39, 0.29) is 226 Å². The van der Waals surface area contributed by atoms with Crippen molar-refractivity contribution in [3.63, 3.8) is 0 Å². The summed E-state index contributed by atoms with van der Waals surface area (Å²) in [7, 11) is 12.3. The van der Waals surface area contributed by atoms with Crippen LogP contribution in [0.3, 0.4) is 0 Å². The van der Waals surface area contributed by atoms with Crippen molar-refractivity contribution in [1.29, 1.82) is 0 Å². The Morgan fingerprint density at radius 1 is 0.397 bits per heavy atom. The third kappa shape index (κ3) is 27.2. The quantitative estimate of drug-likeness (QED) is 0.0196. The molecule has 8 aliphatic heterocycles. The van der Waals surface area contributed by atoms with Gasteiger partial charge in [0.1, 0.15) is 62.3 Å². The number of aryl methyl sites for hydroxylation is 3. The summed E-state index contributed by atoms with van der Waals surface area (Å²) in [5.41, 5.74) is 21.2. The molecule has 8 aliphatic rings. The van der Waals surface area contributed by atoms with Crippen LogP contribution in [0, 0.1) is 26.9 Å². The van der Waals surface area contributed by atoms with E-state index in [9.17, 15) is 28.8 Å². The van der Waals surface area contributed by atoms with Gasteiger partial charge in [-0.25, -0.2) is 13.1 Å². The van der Waals surface area contributed by atoms with Crippen molar-refractivity contribution in [2.75, 3.05) is 181 Å². The van der Waals surface area contributed by atoms with E-state index in [2.05, 4.69) is 102 Å². The molecule has 10 aromatic rings. The number of methoxy groups -OCH3 is 4. The monoisotopic (exact) mass is 2550 g/mol. The van der Waals surface area contributed by atoms with Gasteiger partial charge in [-0.1, -0.05) is 98.7 Å². The largest absolute Gasteiger partial charge is 0.522 e. The fourth-order valence-electron chi connectivity index (χ4n) is 20.4. The number of amides is 4. The number of hydrogen-bond acceptors (Lipinski definition) is 22. The minimum absolute atomic E-state index is 0. The van der Waals surface area contributed by atoms with Crippen molar-refractivity contribution in [2.45, 2.75) is 155 Å². The maximum absolute atomic E-state index is 14.3. The number of fused-ring (bicyclic) bond motifs is 16. The second-order valence-corrected chi connectivity index (χ2v) is 37.1. The fourth-order valence-corrected chi connectivity index (χ4v) is 20.4. The molecule has 761 valence electrons. The Morgan fingerprint density at radius 2 is 0.774 bits per heavy atom. The minimum Gasteiger partial charge on any atom is -0.522 e. The first kappa shape index (κ1) is 116. The van der Waals surface area contributed by atoms with E-state index in [0.717, 1.165) is 139 Å². The molecule has 10 aromatic carbocycles. The zero-order chi connectivity index (χ0) is 98.3. The van der Waals surface area contributed by atoms with E-state index < -0.39 is 0 Å². The molecule has 32 heteroatoms. The molecule has 27 nitrogen and oxygen atoms in total. The van der Waals surface area contributed by atoms with Crippen molar-refractivity contribution in [3.8, 4) is 34.5 Å². The molecule has 3 radical (unpaired) electrons. The zero-order valence-electron chi connectivity index (χ0n) is 85.4. The van der Waals surface area contributed by atoms with E-state index in [0.29, 0.717) is 188 Å². The summed E-state index contributed by atoms with van der Waals surface area (Å²) in [6.07, 6.45) is 11.6. The van der Waals surface area contributed by atoms with Crippen LogP contribution >= 0.6 is 0 Å². The van der Waals surface area contributed by atoms with Crippen molar-refractivity contribution in [1.82, 2.24) is 0 Å². The Hall–Kier alpha value is -8.46. The molecular formula is C114H129N9O18W2Y3-2. The van der Waals surface area contributed by atoms with Crippen LogP contribution in [-0.2, 0) is 237 Å². The first-order chi connectivity index (χ1) is 68.7. The molecular weight excluding hydrogens is 2420 g/mol. The van der Waals surface area contributed by atoms with Crippen molar-refractivity contribution >= 4 is 92.6 Å². The number of anilines is 8. The van der Waals surface area contributed by atoms with Gasteiger partial charge in [0.2, 0.25) is 5.91 Å². The van der Waals surface area contributed by atoms with E-state index in [1.165, 1.54) is 11.1 Å². The molecule has 8 heterocycles. The van der Waals surface area contributed by atoms with E-state index in [4.69, 9.17) is 56.8 Å². The first-order valence-corrected chi connectivity index (χ1v) is 49.3. The summed E-state index contributed by atoms with van der Waals surface area (Å²) in [6, 6.07) is 60.0. The van der Waals surface area contributed by atoms with Gasteiger partial charge in [0.15, 0.2) is 17.2 Å². The maximum Gasteiger partial charge on any atom is 0.258 e. The van der Waals surface area contributed by atoms with E-state index in [1.807, 2.05) is 180 Å². The number of ether oxygens (including phenoxy) is 12. The minimum atomic E-state index is -0.239. The van der Waals surface area contributed by atoms with Gasteiger partial charge in [-0.2, -0.15) is 0 Å².